The minimum Gasteiger partial charge on any atom is -0.480 e. The normalized spacial score (nSPS) is 23.1. The highest BCUT2D eigenvalue weighted by Gasteiger charge is 2.23. The summed E-state index contributed by atoms with van der Waals surface area (Å²) in [5.74, 6) is -0.637. The highest BCUT2D eigenvalue weighted by molar-refractivity contribution is 8.00. The summed E-state index contributed by atoms with van der Waals surface area (Å²) in [6.45, 7) is 3.42. The fraction of sp³-hybridized carbons (Fsp3) is 0.786. The lowest BCUT2D eigenvalue weighted by atomic mass is 9.86. The Hall–Kier alpha value is -1.24. The first kappa shape index (κ1) is 17.8. The Morgan fingerprint density at radius 3 is 2.52 bits per heavy atom. The molecule has 0 aromatic rings. The zero-order valence-corrected chi connectivity index (χ0v) is 13.4. The van der Waals surface area contributed by atoms with Crippen LogP contribution in [0.4, 0.5) is 0 Å². The maximum Gasteiger partial charge on any atom is 0.327 e. The zero-order chi connectivity index (χ0) is 15.8. The van der Waals surface area contributed by atoms with Crippen molar-refractivity contribution < 1.29 is 19.5 Å². The Balaban J connectivity index is 2.28. The number of rotatable bonds is 7. The standard InChI is InChI=1S/C14H24N2O4S/c1-9-5-3-4-6-11(9)16-13(18)8-21-7-12(14(19)20)15-10(2)17/h9,11-12H,3-8H2,1-2H3,(H,15,17)(H,16,18)(H,19,20)/t9?,11?,12-/m0/s1. The molecule has 1 aliphatic rings. The SMILES string of the molecule is CC(=O)N[C@@H](CSCC(=O)NC1CCCCC1C)C(=O)O. The molecule has 1 fully saturated rings. The molecule has 0 aliphatic heterocycles. The second kappa shape index (κ2) is 8.92. The second-order valence-electron chi connectivity index (χ2n) is 5.54. The maximum absolute atomic E-state index is 11.9. The Bertz CT molecular complexity index is 389. The fourth-order valence-corrected chi connectivity index (χ4v) is 3.32. The summed E-state index contributed by atoms with van der Waals surface area (Å²) in [5, 5.41) is 14.3. The van der Waals surface area contributed by atoms with Gasteiger partial charge in [0.25, 0.3) is 0 Å². The van der Waals surface area contributed by atoms with Crippen molar-refractivity contribution in [1.29, 1.82) is 0 Å². The van der Waals surface area contributed by atoms with Gasteiger partial charge in [-0.15, -0.1) is 11.8 Å². The first-order chi connectivity index (χ1) is 9.90. The lowest BCUT2D eigenvalue weighted by Crippen LogP contribution is -2.43. The minimum absolute atomic E-state index is 0.0642. The third-order valence-corrected chi connectivity index (χ3v) is 4.69. The van der Waals surface area contributed by atoms with Crippen molar-refractivity contribution in [1.82, 2.24) is 10.6 Å². The van der Waals surface area contributed by atoms with Crippen LogP contribution in [0.3, 0.4) is 0 Å². The van der Waals surface area contributed by atoms with Gasteiger partial charge in [-0.2, -0.15) is 0 Å². The van der Waals surface area contributed by atoms with Gasteiger partial charge in [0.1, 0.15) is 6.04 Å². The van der Waals surface area contributed by atoms with Gasteiger partial charge in [0.05, 0.1) is 5.75 Å². The van der Waals surface area contributed by atoms with Gasteiger partial charge >= 0.3 is 5.97 Å². The van der Waals surface area contributed by atoms with Crippen LogP contribution in [0.25, 0.3) is 0 Å². The predicted molar refractivity (Wildman–Crippen MR) is 82.1 cm³/mol. The summed E-state index contributed by atoms with van der Waals surface area (Å²) in [5.41, 5.74) is 0. The van der Waals surface area contributed by atoms with E-state index in [1.807, 2.05) is 0 Å². The quantitative estimate of drug-likeness (QED) is 0.651. The third-order valence-electron chi connectivity index (χ3n) is 3.65. The van der Waals surface area contributed by atoms with E-state index in [9.17, 15) is 14.4 Å². The van der Waals surface area contributed by atoms with E-state index in [1.54, 1.807) is 0 Å². The molecule has 0 aromatic heterocycles. The molecule has 3 N–H and O–H groups in total. The minimum atomic E-state index is -1.08. The summed E-state index contributed by atoms with van der Waals surface area (Å²) in [6, 6.07) is -0.716. The van der Waals surface area contributed by atoms with Crippen LogP contribution >= 0.6 is 11.8 Å². The van der Waals surface area contributed by atoms with E-state index in [4.69, 9.17) is 5.11 Å². The van der Waals surface area contributed by atoms with Crippen molar-refractivity contribution in [3.05, 3.63) is 0 Å². The van der Waals surface area contributed by atoms with Crippen LogP contribution in [0.5, 0.6) is 0 Å². The Morgan fingerprint density at radius 2 is 1.95 bits per heavy atom. The number of amides is 2. The van der Waals surface area contributed by atoms with Crippen molar-refractivity contribution in [3.63, 3.8) is 0 Å². The van der Waals surface area contributed by atoms with Gasteiger partial charge < -0.3 is 15.7 Å². The van der Waals surface area contributed by atoms with Crippen LogP contribution in [-0.2, 0) is 14.4 Å². The molecule has 0 bridgehead atoms. The van der Waals surface area contributed by atoms with Gasteiger partial charge in [-0.25, -0.2) is 4.79 Å². The predicted octanol–water partition coefficient (Wildman–Crippen LogP) is 1.00. The zero-order valence-electron chi connectivity index (χ0n) is 12.6. The topological polar surface area (TPSA) is 95.5 Å². The van der Waals surface area contributed by atoms with E-state index in [0.29, 0.717) is 5.92 Å². The average Bonchev–Trinajstić information content (AvgIpc) is 2.39. The van der Waals surface area contributed by atoms with Gasteiger partial charge in [-0.3, -0.25) is 9.59 Å². The number of thioether (sulfide) groups is 1. The molecule has 1 aliphatic carbocycles. The largest absolute Gasteiger partial charge is 0.480 e. The number of carbonyl (C=O) groups excluding carboxylic acids is 2. The lowest BCUT2D eigenvalue weighted by Gasteiger charge is -2.29. The van der Waals surface area contributed by atoms with Crippen molar-refractivity contribution >= 4 is 29.5 Å². The molecule has 6 nitrogen and oxygen atoms in total. The fourth-order valence-electron chi connectivity index (χ4n) is 2.47. The van der Waals surface area contributed by atoms with Crippen molar-refractivity contribution in [2.45, 2.75) is 51.6 Å². The molecule has 3 atom stereocenters. The van der Waals surface area contributed by atoms with Crippen molar-refractivity contribution in [3.8, 4) is 0 Å². The van der Waals surface area contributed by atoms with Crippen LogP contribution in [-0.4, -0.2) is 46.5 Å². The first-order valence-electron chi connectivity index (χ1n) is 7.27. The van der Waals surface area contributed by atoms with Crippen LogP contribution in [0.15, 0.2) is 0 Å². The molecular weight excluding hydrogens is 292 g/mol. The monoisotopic (exact) mass is 316 g/mol. The molecule has 120 valence electrons. The highest BCUT2D eigenvalue weighted by Crippen LogP contribution is 2.23. The van der Waals surface area contributed by atoms with E-state index in [1.165, 1.54) is 25.1 Å². The number of hydrogen-bond donors (Lipinski definition) is 3. The molecule has 2 amide bonds. The van der Waals surface area contributed by atoms with Crippen LogP contribution < -0.4 is 10.6 Å². The Morgan fingerprint density at radius 1 is 1.29 bits per heavy atom. The van der Waals surface area contributed by atoms with Gasteiger partial charge in [0, 0.05) is 18.7 Å². The highest BCUT2D eigenvalue weighted by atomic mass is 32.2. The molecule has 1 rings (SSSR count). The van der Waals surface area contributed by atoms with Crippen molar-refractivity contribution in [2.24, 2.45) is 5.92 Å². The number of aliphatic carboxylic acids is 1. The van der Waals surface area contributed by atoms with E-state index in [-0.39, 0.29) is 29.4 Å². The summed E-state index contributed by atoms with van der Waals surface area (Å²) >= 11 is 1.22. The van der Waals surface area contributed by atoms with Crippen molar-refractivity contribution in [2.75, 3.05) is 11.5 Å². The van der Waals surface area contributed by atoms with E-state index < -0.39 is 12.0 Å². The molecule has 0 saturated heterocycles. The Kier molecular flexibility index (Phi) is 7.56. The van der Waals surface area contributed by atoms with E-state index >= 15 is 0 Å². The van der Waals surface area contributed by atoms with Gasteiger partial charge in [0.15, 0.2) is 0 Å². The van der Waals surface area contributed by atoms with Gasteiger partial charge in [-0.1, -0.05) is 19.8 Å². The molecule has 0 radical (unpaired) electrons. The molecule has 2 unspecified atom stereocenters. The maximum atomic E-state index is 11.9. The van der Waals surface area contributed by atoms with Crippen LogP contribution in [0, 0.1) is 5.92 Å². The summed E-state index contributed by atoms with van der Waals surface area (Å²) in [7, 11) is 0. The number of nitrogens with one attached hydrogen (secondary N) is 2. The first-order valence-corrected chi connectivity index (χ1v) is 8.42. The third kappa shape index (κ3) is 6.84. The molecule has 0 heterocycles. The summed E-state index contributed by atoms with van der Waals surface area (Å²) in [6.07, 6.45) is 4.52. The lowest BCUT2D eigenvalue weighted by molar-refractivity contribution is -0.140. The smallest absolute Gasteiger partial charge is 0.327 e. The Labute approximate surface area is 129 Å². The number of carbonyl (C=O) groups is 3. The second-order valence-corrected chi connectivity index (χ2v) is 6.57. The number of hydrogen-bond acceptors (Lipinski definition) is 4. The average molecular weight is 316 g/mol. The molecule has 7 heteroatoms. The molecule has 1 saturated carbocycles. The summed E-state index contributed by atoms with van der Waals surface area (Å²) in [4.78, 5) is 33.7. The van der Waals surface area contributed by atoms with Crippen LogP contribution in [0.2, 0.25) is 0 Å². The molecule has 0 aromatic carbocycles. The molecule has 21 heavy (non-hydrogen) atoms. The number of carboxylic acid groups (broad SMARTS) is 1. The summed E-state index contributed by atoms with van der Waals surface area (Å²) < 4.78 is 0. The van der Waals surface area contributed by atoms with Gasteiger partial charge in [-0.05, 0) is 18.8 Å². The van der Waals surface area contributed by atoms with Gasteiger partial charge in [0.2, 0.25) is 11.8 Å². The molecular formula is C14H24N2O4S. The number of carboxylic acids is 1. The molecule has 0 spiro atoms. The van der Waals surface area contributed by atoms with E-state index in [0.717, 1.165) is 19.3 Å². The van der Waals surface area contributed by atoms with E-state index in [2.05, 4.69) is 17.6 Å². The van der Waals surface area contributed by atoms with Crippen LogP contribution in [0.1, 0.15) is 39.5 Å².